The van der Waals surface area contributed by atoms with Gasteiger partial charge < -0.3 is 33.9 Å². The number of rotatable bonds is 8. The first-order valence-corrected chi connectivity index (χ1v) is 10.9. The molecule has 1 aliphatic rings. The summed E-state index contributed by atoms with van der Waals surface area (Å²) < 4.78 is 26.5. The second kappa shape index (κ2) is 11.8. The summed E-state index contributed by atoms with van der Waals surface area (Å²) in [5.74, 6) is -1.14. The van der Waals surface area contributed by atoms with E-state index in [2.05, 4.69) is 4.74 Å². The molecule has 0 amide bonds. The average molecular weight is 488 g/mol. The summed E-state index contributed by atoms with van der Waals surface area (Å²) in [6.07, 6.45) is -6.05. The van der Waals surface area contributed by atoms with Crippen LogP contribution in [-0.2, 0) is 35.1 Å². The summed E-state index contributed by atoms with van der Waals surface area (Å²) in [4.78, 5) is 34.3. The molecule has 188 valence electrons. The van der Waals surface area contributed by atoms with Crippen LogP contribution in [0.1, 0.15) is 41.4 Å². The van der Waals surface area contributed by atoms with Gasteiger partial charge in [-0.3, -0.25) is 9.59 Å². The smallest absolute Gasteiger partial charge is 0.337 e. The van der Waals surface area contributed by atoms with Crippen molar-refractivity contribution in [3.63, 3.8) is 0 Å². The number of aliphatic hydroxyl groups is 2. The quantitative estimate of drug-likeness (QED) is 0.417. The second-order valence-corrected chi connectivity index (χ2v) is 8.00. The van der Waals surface area contributed by atoms with Gasteiger partial charge in [-0.2, -0.15) is 0 Å². The number of esters is 3. The summed E-state index contributed by atoms with van der Waals surface area (Å²) in [6.45, 7) is 2.31. The van der Waals surface area contributed by atoms with Crippen LogP contribution in [0.3, 0.4) is 0 Å². The minimum atomic E-state index is -1.47. The van der Waals surface area contributed by atoms with E-state index >= 15 is 0 Å². The minimum absolute atomic E-state index is 0.184. The first-order valence-electron chi connectivity index (χ1n) is 10.9. The zero-order valence-corrected chi connectivity index (χ0v) is 19.6. The molecule has 1 heterocycles. The van der Waals surface area contributed by atoms with Gasteiger partial charge >= 0.3 is 17.9 Å². The third-order valence-corrected chi connectivity index (χ3v) is 5.40. The number of carbonyl (C=O) groups excluding carboxylic acids is 3. The highest BCUT2D eigenvalue weighted by Gasteiger charge is 2.47. The number of benzene rings is 2. The number of carbonyl (C=O) groups is 3. The number of aliphatic hydroxyl groups excluding tert-OH is 2. The van der Waals surface area contributed by atoms with E-state index in [1.165, 1.54) is 21.0 Å². The van der Waals surface area contributed by atoms with Gasteiger partial charge in [0.05, 0.1) is 12.7 Å². The molecule has 5 atom stereocenters. The number of ether oxygens (including phenoxy) is 5. The van der Waals surface area contributed by atoms with Crippen LogP contribution in [0, 0.1) is 0 Å². The van der Waals surface area contributed by atoms with Crippen molar-refractivity contribution in [2.45, 2.75) is 51.0 Å². The lowest BCUT2D eigenvalue weighted by atomic mass is 9.90. The zero-order valence-electron chi connectivity index (χ0n) is 19.6. The molecule has 0 spiro atoms. The predicted molar refractivity (Wildman–Crippen MR) is 120 cm³/mol. The van der Waals surface area contributed by atoms with E-state index in [0.29, 0.717) is 16.9 Å². The zero-order chi connectivity index (χ0) is 25.5. The first-order chi connectivity index (χ1) is 16.7. The van der Waals surface area contributed by atoms with Crippen LogP contribution in [0.5, 0.6) is 5.75 Å². The van der Waals surface area contributed by atoms with E-state index in [1.807, 2.05) is 6.07 Å². The van der Waals surface area contributed by atoms with Crippen molar-refractivity contribution >= 4 is 17.9 Å². The minimum Gasteiger partial charge on any atom is -0.489 e. The normalized spacial score (nSPS) is 23.7. The Balaban J connectivity index is 1.73. The van der Waals surface area contributed by atoms with Crippen LogP contribution < -0.4 is 4.74 Å². The molecular formula is C25H28O10. The summed E-state index contributed by atoms with van der Waals surface area (Å²) in [5, 5.41) is 21.4. The molecule has 35 heavy (non-hydrogen) atoms. The molecule has 10 heteroatoms. The molecular weight excluding hydrogens is 460 g/mol. The van der Waals surface area contributed by atoms with Crippen molar-refractivity contribution in [2.24, 2.45) is 0 Å². The van der Waals surface area contributed by atoms with Crippen molar-refractivity contribution < 1.29 is 48.3 Å². The maximum Gasteiger partial charge on any atom is 0.337 e. The fourth-order valence-electron chi connectivity index (χ4n) is 3.72. The average Bonchev–Trinajstić information content (AvgIpc) is 2.84. The summed E-state index contributed by atoms with van der Waals surface area (Å²) in [5.41, 5.74) is 1.70. The van der Waals surface area contributed by atoms with E-state index in [9.17, 15) is 24.6 Å². The van der Waals surface area contributed by atoms with Crippen molar-refractivity contribution in [1.82, 2.24) is 0 Å². The van der Waals surface area contributed by atoms with Crippen LogP contribution in [0.4, 0.5) is 0 Å². The molecule has 0 aliphatic carbocycles. The Bertz CT molecular complexity index is 1030. The van der Waals surface area contributed by atoms with Crippen molar-refractivity contribution in [2.75, 3.05) is 13.7 Å². The Labute approximate surface area is 202 Å². The van der Waals surface area contributed by atoms with Gasteiger partial charge in [-0.1, -0.05) is 18.2 Å². The fourth-order valence-corrected chi connectivity index (χ4v) is 3.72. The molecule has 0 bridgehead atoms. The Morgan fingerprint density at radius 2 is 1.69 bits per heavy atom. The monoisotopic (exact) mass is 488 g/mol. The number of methoxy groups -OCH3 is 1. The molecule has 2 aromatic carbocycles. The number of hydrogen-bond acceptors (Lipinski definition) is 10. The topological polar surface area (TPSA) is 138 Å². The summed E-state index contributed by atoms with van der Waals surface area (Å²) in [7, 11) is 1.31. The molecule has 10 nitrogen and oxygen atoms in total. The number of hydrogen-bond donors (Lipinski definition) is 2. The first kappa shape index (κ1) is 26.1. The van der Waals surface area contributed by atoms with E-state index in [1.54, 1.807) is 42.5 Å². The van der Waals surface area contributed by atoms with Crippen LogP contribution in [0.15, 0.2) is 48.5 Å². The Morgan fingerprint density at radius 1 is 0.971 bits per heavy atom. The van der Waals surface area contributed by atoms with Gasteiger partial charge in [-0.15, -0.1) is 0 Å². The largest absolute Gasteiger partial charge is 0.489 e. The molecule has 1 aliphatic heterocycles. The SMILES string of the molecule is COC(=O)c1ccc(OCc2cccc([C@H]3O[C@H](COC(C)=O)[C@@H](OC(C)=O)[C@H](O)[C@H]3O)c2)cc1. The van der Waals surface area contributed by atoms with E-state index in [4.69, 9.17) is 18.9 Å². The molecule has 2 N–H and O–H groups in total. The van der Waals surface area contributed by atoms with Gasteiger partial charge in [0.2, 0.25) is 0 Å². The lowest BCUT2D eigenvalue weighted by Gasteiger charge is -2.42. The highest BCUT2D eigenvalue weighted by molar-refractivity contribution is 5.89. The van der Waals surface area contributed by atoms with Gasteiger partial charge in [-0.05, 0) is 41.5 Å². The van der Waals surface area contributed by atoms with Gasteiger partial charge in [0.15, 0.2) is 6.10 Å². The lowest BCUT2D eigenvalue weighted by Crippen LogP contribution is -2.57. The third-order valence-electron chi connectivity index (χ3n) is 5.40. The highest BCUT2D eigenvalue weighted by atomic mass is 16.6. The van der Waals surface area contributed by atoms with Gasteiger partial charge in [0, 0.05) is 13.8 Å². The van der Waals surface area contributed by atoms with Gasteiger partial charge in [-0.25, -0.2) is 4.79 Å². The van der Waals surface area contributed by atoms with Crippen LogP contribution in [0.25, 0.3) is 0 Å². The Kier molecular flexibility index (Phi) is 8.80. The van der Waals surface area contributed by atoms with Gasteiger partial charge in [0.25, 0.3) is 0 Å². The predicted octanol–water partition coefficient (Wildman–Crippen LogP) is 1.71. The molecule has 0 radical (unpaired) electrons. The third kappa shape index (κ3) is 6.78. The molecule has 0 aromatic heterocycles. The summed E-state index contributed by atoms with van der Waals surface area (Å²) in [6, 6.07) is 13.5. The van der Waals surface area contributed by atoms with Crippen molar-refractivity contribution in [3.05, 3.63) is 65.2 Å². The van der Waals surface area contributed by atoms with E-state index < -0.39 is 48.4 Å². The molecule has 1 fully saturated rings. The fraction of sp³-hybridized carbons (Fsp3) is 0.400. The van der Waals surface area contributed by atoms with E-state index in [-0.39, 0.29) is 13.2 Å². The molecule has 2 aromatic rings. The van der Waals surface area contributed by atoms with Gasteiger partial charge in [0.1, 0.15) is 43.4 Å². The lowest BCUT2D eigenvalue weighted by molar-refractivity contribution is -0.242. The highest BCUT2D eigenvalue weighted by Crippen LogP contribution is 2.34. The van der Waals surface area contributed by atoms with Crippen molar-refractivity contribution in [3.8, 4) is 5.75 Å². The molecule has 3 rings (SSSR count). The van der Waals surface area contributed by atoms with Crippen molar-refractivity contribution in [1.29, 1.82) is 0 Å². The van der Waals surface area contributed by atoms with Crippen LogP contribution >= 0.6 is 0 Å². The van der Waals surface area contributed by atoms with Crippen LogP contribution in [0.2, 0.25) is 0 Å². The Morgan fingerprint density at radius 3 is 2.31 bits per heavy atom. The molecule has 0 saturated carbocycles. The molecule has 1 saturated heterocycles. The van der Waals surface area contributed by atoms with E-state index in [0.717, 1.165) is 5.56 Å². The maximum absolute atomic E-state index is 11.5. The standard InChI is InChI=1S/C25H28O10/c1-14(26)32-13-20-24(34-15(2)27)22(29)21(28)23(35-20)18-6-4-5-16(11-18)12-33-19-9-7-17(8-10-19)25(30)31-3/h4-11,20-24,28-29H,12-13H2,1-3H3/t20-,21-,22-,23-,24-/m1/s1. The summed E-state index contributed by atoms with van der Waals surface area (Å²) >= 11 is 0. The Hall–Kier alpha value is -3.47. The van der Waals surface area contributed by atoms with Crippen LogP contribution in [-0.4, -0.2) is 66.3 Å². The maximum atomic E-state index is 11.5. The molecule has 0 unspecified atom stereocenters. The second-order valence-electron chi connectivity index (χ2n) is 8.00.